The summed E-state index contributed by atoms with van der Waals surface area (Å²) in [6.45, 7) is 3.52. The van der Waals surface area contributed by atoms with Crippen molar-refractivity contribution in [2.75, 3.05) is 0 Å². The van der Waals surface area contributed by atoms with Gasteiger partial charge in [0.15, 0.2) is 0 Å². The van der Waals surface area contributed by atoms with Crippen molar-refractivity contribution in [3.05, 3.63) is 64.4 Å². The van der Waals surface area contributed by atoms with E-state index in [1.807, 2.05) is 14.0 Å². The van der Waals surface area contributed by atoms with Gasteiger partial charge in [-0.15, -0.1) is 0 Å². The number of nitrogens with zero attached hydrogens (tertiary/aromatic N) is 2. The Morgan fingerprint density at radius 3 is 2.62 bits per heavy atom. The first-order valence-corrected chi connectivity index (χ1v) is 7.40. The first kappa shape index (κ1) is 14.1. The van der Waals surface area contributed by atoms with Gasteiger partial charge in [0.2, 0.25) is 0 Å². The summed E-state index contributed by atoms with van der Waals surface area (Å²) in [5, 5.41) is 11.1. The van der Waals surface area contributed by atoms with E-state index in [-0.39, 0.29) is 0 Å². The molecule has 3 nitrogen and oxygen atoms in total. The minimum Gasteiger partial charge on any atom is -0.308 e. The van der Waals surface area contributed by atoms with Crippen molar-refractivity contribution in [2.24, 2.45) is 7.05 Å². The van der Waals surface area contributed by atoms with Gasteiger partial charge >= 0.3 is 0 Å². The monoisotopic (exact) mass is 299 g/mol. The van der Waals surface area contributed by atoms with E-state index in [1.54, 1.807) is 4.68 Å². The fraction of sp³-hybridized carbons (Fsp3) is 0.235. The van der Waals surface area contributed by atoms with Crippen molar-refractivity contribution < 1.29 is 0 Å². The Balaban J connectivity index is 1.75. The number of nitrogens with one attached hydrogen (secondary N) is 1. The quantitative estimate of drug-likeness (QED) is 0.793. The van der Waals surface area contributed by atoms with Crippen LogP contribution in [0.4, 0.5) is 0 Å². The minimum atomic E-state index is 0.706. The van der Waals surface area contributed by atoms with E-state index in [9.17, 15) is 0 Å². The van der Waals surface area contributed by atoms with Crippen LogP contribution in [0, 0.1) is 6.92 Å². The number of halogens is 1. The second-order valence-corrected chi connectivity index (χ2v) is 5.58. The predicted octanol–water partition coefficient (Wildman–Crippen LogP) is 3.82. The van der Waals surface area contributed by atoms with Gasteiger partial charge in [-0.05, 0) is 23.3 Å². The van der Waals surface area contributed by atoms with E-state index in [0.29, 0.717) is 5.15 Å². The number of rotatable bonds is 4. The summed E-state index contributed by atoms with van der Waals surface area (Å²) < 4.78 is 1.71. The molecule has 0 saturated heterocycles. The summed E-state index contributed by atoms with van der Waals surface area (Å²) in [6.07, 6.45) is 0. The molecule has 1 heterocycles. The number of benzene rings is 2. The van der Waals surface area contributed by atoms with Crippen molar-refractivity contribution in [3.63, 3.8) is 0 Å². The van der Waals surface area contributed by atoms with Crippen LogP contribution in [-0.2, 0) is 20.1 Å². The molecule has 0 aliphatic heterocycles. The van der Waals surface area contributed by atoms with E-state index in [4.69, 9.17) is 11.6 Å². The molecule has 2 aromatic carbocycles. The molecule has 1 aromatic heterocycles. The summed E-state index contributed by atoms with van der Waals surface area (Å²) in [6, 6.07) is 14.8. The minimum absolute atomic E-state index is 0.706. The van der Waals surface area contributed by atoms with E-state index in [2.05, 4.69) is 52.9 Å². The second kappa shape index (κ2) is 5.88. The lowest BCUT2D eigenvalue weighted by molar-refractivity contribution is 0.693. The van der Waals surface area contributed by atoms with Crippen molar-refractivity contribution in [3.8, 4) is 0 Å². The molecule has 4 heteroatoms. The van der Waals surface area contributed by atoms with Crippen molar-refractivity contribution in [1.82, 2.24) is 15.1 Å². The topological polar surface area (TPSA) is 29.9 Å². The molecule has 0 radical (unpaired) electrons. The van der Waals surface area contributed by atoms with Crippen LogP contribution < -0.4 is 5.32 Å². The Bertz CT molecular complexity index is 772. The second-order valence-electron chi connectivity index (χ2n) is 5.22. The van der Waals surface area contributed by atoms with Crippen LogP contribution in [-0.4, -0.2) is 9.78 Å². The number of aryl methyl sites for hydroxylation is 2. The number of fused-ring (bicyclic) bond motifs is 1. The maximum atomic E-state index is 6.25. The zero-order valence-corrected chi connectivity index (χ0v) is 13.0. The summed E-state index contributed by atoms with van der Waals surface area (Å²) in [7, 11) is 1.86. The largest absolute Gasteiger partial charge is 0.308 e. The summed E-state index contributed by atoms with van der Waals surface area (Å²) in [5.74, 6) is 0. The molecule has 21 heavy (non-hydrogen) atoms. The van der Waals surface area contributed by atoms with Gasteiger partial charge in [-0.25, -0.2) is 0 Å². The Hall–Kier alpha value is -1.84. The highest BCUT2D eigenvalue weighted by molar-refractivity contribution is 6.30. The Morgan fingerprint density at radius 2 is 1.86 bits per heavy atom. The molecule has 0 unspecified atom stereocenters. The third-order valence-electron chi connectivity index (χ3n) is 3.77. The molecular weight excluding hydrogens is 282 g/mol. The average molecular weight is 300 g/mol. The van der Waals surface area contributed by atoms with Crippen LogP contribution in [0.15, 0.2) is 42.5 Å². The lowest BCUT2D eigenvalue weighted by Gasteiger charge is -2.08. The van der Waals surface area contributed by atoms with E-state index in [0.717, 1.165) is 24.3 Å². The van der Waals surface area contributed by atoms with E-state index < -0.39 is 0 Å². The Labute approximate surface area is 129 Å². The van der Waals surface area contributed by atoms with Crippen LogP contribution in [0.25, 0.3) is 10.8 Å². The average Bonchev–Trinajstić information content (AvgIpc) is 2.73. The summed E-state index contributed by atoms with van der Waals surface area (Å²) in [4.78, 5) is 0. The van der Waals surface area contributed by atoms with Crippen LogP contribution in [0.1, 0.15) is 16.8 Å². The molecule has 0 amide bonds. The van der Waals surface area contributed by atoms with Crippen molar-refractivity contribution in [1.29, 1.82) is 0 Å². The van der Waals surface area contributed by atoms with E-state index >= 15 is 0 Å². The van der Waals surface area contributed by atoms with Gasteiger partial charge in [-0.3, -0.25) is 4.68 Å². The molecule has 1 N–H and O–H groups in total. The molecule has 0 aliphatic rings. The molecule has 0 atom stereocenters. The lowest BCUT2D eigenvalue weighted by Crippen LogP contribution is -2.13. The van der Waals surface area contributed by atoms with Gasteiger partial charge in [-0.2, -0.15) is 5.10 Å². The third-order valence-corrected chi connectivity index (χ3v) is 4.24. The van der Waals surface area contributed by atoms with Crippen LogP contribution in [0.5, 0.6) is 0 Å². The maximum Gasteiger partial charge on any atom is 0.131 e. The molecule has 0 spiro atoms. The van der Waals surface area contributed by atoms with Crippen LogP contribution in [0.2, 0.25) is 5.15 Å². The molecule has 3 aromatic rings. The van der Waals surface area contributed by atoms with Crippen LogP contribution in [0.3, 0.4) is 0 Å². The fourth-order valence-corrected chi connectivity index (χ4v) is 2.88. The standard InChI is InChI=1S/C17H18ClN3/c1-12-16(17(18)21(2)20-12)11-19-10-14-8-5-7-13-6-3-4-9-15(13)14/h3-9,19H,10-11H2,1-2H3. The smallest absolute Gasteiger partial charge is 0.131 e. The van der Waals surface area contributed by atoms with Gasteiger partial charge < -0.3 is 5.32 Å². The van der Waals surface area contributed by atoms with Crippen LogP contribution >= 0.6 is 11.6 Å². The molecule has 108 valence electrons. The number of hydrogen-bond donors (Lipinski definition) is 1. The highest BCUT2D eigenvalue weighted by Gasteiger charge is 2.10. The normalized spacial score (nSPS) is 11.2. The number of hydrogen-bond acceptors (Lipinski definition) is 2. The molecule has 3 rings (SSSR count). The first-order chi connectivity index (χ1) is 10.2. The molecule has 0 aliphatic carbocycles. The lowest BCUT2D eigenvalue weighted by atomic mass is 10.0. The maximum absolute atomic E-state index is 6.25. The van der Waals surface area contributed by atoms with Gasteiger partial charge in [0.25, 0.3) is 0 Å². The van der Waals surface area contributed by atoms with Gasteiger partial charge in [-0.1, -0.05) is 54.1 Å². The van der Waals surface area contributed by atoms with Gasteiger partial charge in [0, 0.05) is 25.7 Å². The SMILES string of the molecule is Cc1nn(C)c(Cl)c1CNCc1cccc2ccccc12. The Morgan fingerprint density at radius 1 is 1.10 bits per heavy atom. The van der Waals surface area contributed by atoms with Crippen molar-refractivity contribution >= 4 is 22.4 Å². The number of aromatic nitrogens is 2. The highest BCUT2D eigenvalue weighted by Crippen LogP contribution is 2.20. The van der Waals surface area contributed by atoms with Crippen molar-refractivity contribution in [2.45, 2.75) is 20.0 Å². The highest BCUT2D eigenvalue weighted by atomic mass is 35.5. The zero-order chi connectivity index (χ0) is 14.8. The van der Waals surface area contributed by atoms with E-state index in [1.165, 1.54) is 16.3 Å². The first-order valence-electron chi connectivity index (χ1n) is 7.02. The molecule has 0 bridgehead atoms. The predicted molar refractivity (Wildman–Crippen MR) is 87.4 cm³/mol. The summed E-state index contributed by atoms with van der Waals surface area (Å²) in [5.41, 5.74) is 3.35. The van der Waals surface area contributed by atoms with Gasteiger partial charge in [0.05, 0.1) is 5.69 Å². The molecule has 0 saturated carbocycles. The fourth-order valence-electron chi connectivity index (χ4n) is 2.64. The zero-order valence-electron chi connectivity index (χ0n) is 12.2. The summed E-state index contributed by atoms with van der Waals surface area (Å²) >= 11 is 6.25. The Kier molecular flexibility index (Phi) is 3.95. The molecular formula is C17H18ClN3. The third kappa shape index (κ3) is 2.80. The van der Waals surface area contributed by atoms with Gasteiger partial charge in [0.1, 0.15) is 5.15 Å². The molecule has 0 fully saturated rings.